The molecule has 0 bridgehead atoms. The summed E-state index contributed by atoms with van der Waals surface area (Å²) in [6.07, 6.45) is 0. The highest BCUT2D eigenvalue weighted by Gasteiger charge is 2.29. The number of ether oxygens (including phenoxy) is 1. The van der Waals surface area contributed by atoms with Crippen LogP contribution in [0.1, 0.15) is 23.6 Å². The van der Waals surface area contributed by atoms with Gasteiger partial charge in [0.2, 0.25) is 10.0 Å². The summed E-state index contributed by atoms with van der Waals surface area (Å²) in [4.78, 5) is 0.246. The summed E-state index contributed by atoms with van der Waals surface area (Å²) in [6.45, 7) is 5.75. The minimum atomic E-state index is -3.62. The summed E-state index contributed by atoms with van der Waals surface area (Å²) < 4.78 is 33.3. The lowest BCUT2D eigenvalue weighted by Crippen LogP contribution is -2.40. The molecule has 0 fully saturated rings. The minimum Gasteiger partial charge on any atom is -0.372 e. The summed E-state index contributed by atoms with van der Waals surface area (Å²) in [5.74, 6) is 0. The highest BCUT2D eigenvalue weighted by atomic mass is 35.5. The molecule has 130 valence electrons. The monoisotopic (exact) mass is 367 g/mol. The first-order valence-corrected chi connectivity index (χ1v) is 9.42. The number of aryl methyl sites for hydroxylation is 2. The Morgan fingerprint density at radius 1 is 1.12 bits per heavy atom. The number of hydrogen-bond acceptors (Lipinski definition) is 3. The standard InChI is InChI=1S/C18H22ClNO3S/c1-13-8-9-17(10-14(13)2)24(21,22)20-12-18(3,23-4)15-6-5-7-16(19)11-15/h5-11,20H,12H2,1-4H3. The summed E-state index contributed by atoms with van der Waals surface area (Å²) in [6, 6.07) is 12.3. The molecule has 6 heteroatoms. The van der Waals surface area contributed by atoms with Crippen molar-refractivity contribution in [3.8, 4) is 0 Å². The number of benzene rings is 2. The third-order valence-corrected chi connectivity index (χ3v) is 5.91. The van der Waals surface area contributed by atoms with Gasteiger partial charge in [0, 0.05) is 18.7 Å². The molecule has 2 aromatic rings. The van der Waals surface area contributed by atoms with E-state index < -0.39 is 15.6 Å². The summed E-state index contributed by atoms with van der Waals surface area (Å²) >= 11 is 6.03. The van der Waals surface area contributed by atoms with Gasteiger partial charge in [-0.15, -0.1) is 0 Å². The van der Waals surface area contributed by atoms with Crippen LogP contribution in [0.15, 0.2) is 47.4 Å². The van der Waals surface area contributed by atoms with E-state index in [-0.39, 0.29) is 11.4 Å². The second kappa shape index (κ2) is 7.23. The van der Waals surface area contributed by atoms with Crippen LogP contribution in [-0.4, -0.2) is 22.1 Å². The van der Waals surface area contributed by atoms with E-state index in [4.69, 9.17) is 16.3 Å². The Morgan fingerprint density at radius 2 is 1.83 bits per heavy atom. The van der Waals surface area contributed by atoms with E-state index in [0.29, 0.717) is 5.02 Å². The van der Waals surface area contributed by atoms with Gasteiger partial charge in [-0.3, -0.25) is 0 Å². The normalized spacial score (nSPS) is 14.4. The average Bonchev–Trinajstić information content (AvgIpc) is 2.55. The van der Waals surface area contributed by atoms with Crippen molar-refractivity contribution in [1.29, 1.82) is 0 Å². The molecule has 0 aliphatic heterocycles. The Bertz CT molecular complexity index is 836. The lowest BCUT2D eigenvalue weighted by atomic mass is 9.96. The van der Waals surface area contributed by atoms with E-state index in [1.165, 1.54) is 0 Å². The molecule has 0 saturated carbocycles. The van der Waals surface area contributed by atoms with E-state index in [0.717, 1.165) is 16.7 Å². The van der Waals surface area contributed by atoms with Crippen molar-refractivity contribution in [2.24, 2.45) is 0 Å². The second-order valence-corrected chi connectivity index (χ2v) is 8.22. The van der Waals surface area contributed by atoms with Crippen LogP contribution < -0.4 is 4.72 Å². The molecule has 0 heterocycles. The molecule has 1 N–H and O–H groups in total. The molecule has 0 aromatic heterocycles. The fourth-order valence-corrected chi connectivity index (χ4v) is 3.71. The predicted molar refractivity (Wildman–Crippen MR) is 96.9 cm³/mol. The van der Waals surface area contributed by atoms with Crippen LogP contribution in [0.2, 0.25) is 5.02 Å². The molecule has 0 aliphatic carbocycles. The van der Waals surface area contributed by atoms with Crippen molar-refractivity contribution in [2.75, 3.05) is 13.7 Å². The molecule has 0 saturated heterocycles. The topological polar surface area (TPSA) is 55.4 Å². The zero-order chi connectivity index (χ0) is 18.0. The molecule has 1 unspecified atom stereocenters. The Hall–Kier alpha value is -1.40. The van der Waals surface area contributed by atoms with Crippen LogP contribution in [0, 0.1) is 13.8 Å². The van der Waals surface area contributed by atoms with Gasteiger partial charge in [-0.1, -0.05) is 29.8 Å². The highest BCUT2D eigenvalue weighted by Crippen LogP contribution is 2.27. The maximum absolute atomic E-state index is 12.6. The summed E-state index contributed by atoms with van der Waals surface area (Å²) in [7, 11) is -2.08. The summed E-state index contributed by atoms with van der Waals surface area (Å²) in [5.41, 5.74) is 1.97. The molecular formula is C18H22ClNO3S. The maximum Gasteiger partial charge on any atom is 0.240 e. The largest absolute Gasteiger partial charge is 0.372 e. The molecule has 2 rings (SSSR count). The maximum atomic E-state index is 12.6. The van der Waals surface area contributed by atoms with Crippen molar-refractivity contribution >= 4 is 21.6 Å². The smallest absolute Gasteiger partial charge is 0.240 e. The average molecular weight is 368 g/mol. The lowest BCUT2D eigenvalue weighted by Gasteiger charge is -2.29. The van der Waals surface area contributed by atoms with Crippen LogP contribution in [0.3, 0.4) is 0 Å². The Labute approximate surface area is 148 Å². The Kier molecular flexibility index (Phi) is 5.71. The Balaban J connectivity index is 2.24. The minimum absolute atomic E-state index is 0.0963. The molecule has 0 amide bonds. The number of rotatable bonds is 6. The highest BCUT2D eigenvalue weighted by molar-refractivity contribution is 7.89. The van der Waals surface area contributed by atoms with Crippen molar-refractivity contribution in [1.82, 2.24) is 4.72 Å². The van der Waals surface area contributed by atoms with Gasteiger partial charge >= 0.3 is 0 Å². The van der Waals surface area contributed by atoms with E-state index >= 15 is 0 Å². The van der Waals surface area contributed by atoms with Gasteiger partial charge in [0.15, 0.2) is 0 Å². The van der Waals surface area contributed by atoms with Crippen LogP contribution in [0.25, 0.3) is 0 Å². The first-order valence-electron chi connectivity index (χ1n) is 7.56. The van der Waals surface area contributed by atoms with Crippen LogP contribution >= 0.6 is 11.6 Å². The molecular weight excluding hydrogens is 346 g/mol. The number of methoxy groups -OCH3 is 1. The second-order valence-electron chi connectivity index (χ2n) is 6.02. The molecule has 2 aromatic carbocycles. The first-order chi connectivity index (χ1) is 11.2. The molecule has 4 nitrogen and oxygen atoms in total. The zero-order valence-electron chi connectivity index (χ0n) is 14.3. The third-order valence-electron chi connectivity index (χ3n) is 4.27. The zero-order valence-corrected chi connectivity index (χ0v) is 15.8. The van der Waals surface area contributed by atoms with E-state index in [1.807, 2.05) is 32.9 Å². The lowest BCUT2D eigenvalue weighted by molar-refractivity contribution is 0.00699. The summed E-state index contributed by atoms with van der Waals surface area (Å²) in [5, 5.41) is 0.577. The molecule has 0 aliphatic rings. The molecule has 0 radical (unpaired) electrons. The van der Waals surface area contributed by atoms with Gasteiger partial charge < -0.3 is 4.74 Å². The fraction of sp³-hybridized carbons (Fsp3) is 0.333. The molecule has 0 spiro atoms. The first kappa shape index (κ1) is 18.9. The van der Waals surface area contributed by atoms with Crippen molar-refractivity contribution in [3.63, 3.8) is 0 Å². The number of halogens is 1. The van der Waals surface area contributed by atoms with Gasteiger partial charge in [0.05, 0.1) is 4.90 Å². The van der Waals surface area contributed by atoms with Crippen molar-refractivity contribution in [3.05, 3.63) is 64.2 Å². The predicted octanol–water partition coefficient (Wildman–Crippen LogP) is 3.80. The SMILES string of the molecule is COC(C)(CNS(=O)(=O)c1ccc(C)c(C)c1)c1cccc(Cl)c1. The van der Waals surface area contributed by atoms with E-state index in [9.17, 15) is 8.42 Å². The number of hydrogen-bond donors (Lipinski definition) is 1. The molecule has 24 heavy (non-hydrogen) atoms. The molecule has 1 atom stereocenters. The van der Waals surface area contributed by atoms with Gasteiger partial charge in [0.25, 0.3) is 0 Å². The third kappa shape index (κ3) is 4.16. The van der Waals surface area contributed by atoms with Crippen LogP contribution in [-0.2, 0) is 20.4 Å². The fourth-order valence-electron chi connectivity index (χ4n) is 2.31. The quantitative estimate of drug-likeness (QED) is 0.844. The van der Waals surface area contributed by atoms with Gasteiger partial charge in [-0.05, 0) is 61.7 Å². The number of sulfonamides is 1. The van der Waals surface area contributed by atoms with E-state index in [1.54, 1.807) is 37.4 Å². The van der Waals surface area contributed by atoms with Crippen molar-refractivity contribution < 1.29 is 13.2 Å². The van der Waals surface area contributed by atoms with Gasteiger partial charge in [-0.25, -0.2) is 13.1 Å². The van der Waals surface area contributed by atoms with Crippen LogP contribution in [0.5, 0.6) is 0 Å². The van der Waals surface area contributed by atoms with Crippen molar-refractivity contribution in [2.45, 2.75) is 31.3 Å². The van der Waals surface area contributed by atoms with Gasteiger partial charge in [-0.2, -0.15) is 0 Å². The van der Waals surface area contributed by atoms with E-state index in [2.05, 4.69) is 4.72 Å². The Morgan fingerprint density at radius 3 is 2.42 bits per heavy atom. The van der Waals surface area contributed by atoms with Gasteiger partial charge in [0.1, 0.15) is 5.60 Å². The number of nitrogens with one attached hydrogen (secondary N) is 1. The van der Waals surface area contributed by atoms with Crippen LogP contribution in [0.4, 0.5) is 0 Å².